The van der Waals surface area contributed by atoms with Crippen LogP contribution in [0.15, 0.2) is 54.6 Å². The summed E-state index contributed by atoms with van der Waals surface area (Å²) in [4.78, 5) is 31.4. The molecule has 0 aliphatic carbocycles. The van der Waals surface area contributed by atoms with Crippen LogP contribution in [0.4, 0.5) is 27.3 Å². The summed E-state index contributed by atoms with van der Waals surface area (Å²) in [6.07, 6.45) is 1.88. The summed E-state index contributed by atoms with van der Waals surface area (Å²) in [5.41, 5.74) is 4.68. The second-order valence-corrected chi connectivity index (χ2v) is 8.34. The molecule has 7 nitrogen and oxygen atoms in total. The summed E-state index contributed by atoms with van der Waals surface area (Å²) >= 11 is 0. The fraction of sp³-hybridized carbons (Fsp3) is 0.240. The Hall–Kier alpha value is -3.94. The molecule has 3 N–H and O–H groups in total. The minimum absolute atomic E-state index is 0.0530. The number of amides is 2. The van der Waals surface area contributed by atoms with Gasteiger partial charge in [-0.2, -0.15) is 0 Å². The number of pyridine rings is 1. The number of carbonyl (C=O) groups excluding carboxylic acids is 2. The van der Waals surface area contributed by atoms with E-state index >= 15 is 0 Å². The molecule has 1 fully saturated rings. The number of aryl methyl sites for hydroxylation is 1. The van der Waals surface area contributed by atoms with E-state index in [1.807, 2.05) is 37.3 Å². The van der Waals surface area contributed by atoms with Gasteiger partial charge in [-0.1, -0.05) is 12.1 Å². The zero-order valence-electron chi connectivity index (χ0n) is 18.2. The molecule has 1 saturated heterocycles. The molecular formula is C25H24FN5O2. The maximum absolute atomic E-state index is 13.0. The maximum Gasteiger partial charge on any atom is 0.255 e. The van der Waals surface area contributed by atoms with Crippen LogP contribution in [0, 0.1) is 12.7 Å². The van der Waals surface area contributed by atoms with Crippen molar-refractivity contribution >= 4 is 34.7 Å². The van der Waals surface area contributed by atoms with Gasteiger partial charge in [-0.3, -0.25) is 9.59 Å². The maximum atomic E-state index is 13.0. The van der Waals surface area contributed by atoms with Gasteiger partial charge in [0.25, 0.3) is 5.91 Å². The van der Waals surface area contributed by atoms with Crippen molar-refractivity contribution in [1.82, 2.24) is 4.98 Å². The second kappa shape index (κ2) is 8.54. The van der Waals surface area contributed by atoms with Crippen molar-refractivity contribution in [2.45, 2.75) is 32.4 Å². The monoisotopic (exact) mass is 445 g/mol. The van der Waals surface area contributed by atoms with Gasteiger partial charge in [-0.15, -0.1) is 0 Å². The molecule has 2 aliphatic rings. The molecule has 3 aromatic rings. The number of aromatic nitrogens is 1. The van der Waals surface area contributed by atoms with Gasteiger partial charge in [0.2, 0.25) is 5.91 Å². The fourth-order valence-electron chi connectivity index (χ4n) is 4.36. The number of nitrogens with zero attached hydrogens (tertiary/aromatic N) is 2. The average Bonchev–Trinajstić information content (AvgIpc) is 3.31. The summed E-state index contributed by atoms with van der Waals surface area (Å²) < 4.78 is 13.0. The third-order valence-electron chi connectivity index (χ3n) is 6.08. The van der Waals surface area contributed by atoms with Crippen LogP contribution in [0.1, 0.15) is 34.5 Å². The van der Waals surface area contributed by atoms with Gasteiger partial charge in [0.05, 0.1) is 17.1 Å². The van der Waals surface area contributed by atoms with E-state index in [1.165, 1.54) is 24.3 Å². The van der Waals surface area contributed by atoms with Crippen molar-refractivity contribution < 1.29 is 14.0 Å². The van der Waals surface area contributed by atoms with Gasteiger partial charge in [0, 0.05) is 30.4 Å². The molecule has 0 radical (unpaired) electrons. The molecule has 2 aliphatic heterocycles. The number of hydrogen-bond acceptors (Lipinski definition) is 5. The minimum atomic E-state index is -0.378. The van der Waals surface area contributed by atoms with Crippen molar-refractivity contribution in [2.75, 3.05) is 27.4 Å². The fourth-order valence-corrected chi connectivity index (χ4v) is 4.36. The lowest BCUT2D eigenvalue weighted by atomic mass is 10.1. The number of anilines is 4. The Balaban J connectivity index is 1.24. The third-order valence-corrected chi connectivity index (χ3v) is 6.08. The summed E-state index contributed by atoms with van der Waals surface area (Å²) in [5.74, 6) is 0.137. The first-order valence-electron chi connectivity index (χ1n) is 11.0. The predicted octanol–water partition coefficient (Wildman–Crippen LogP) is 4.31. The van der Waals surface area contributed by atoms with E-state index < -0.39 is 0 Å². The predicted molar refractivity (Wildman–Crippen MR) is 126 cm³/mol. The Morgan fingerprint density at radius 3 is 2.70 bits per heavy atom. The van der Waals surface area contributed by atoms with Crippen LogP contribution in [0.3, 0.4) is 0 Å². The number of nitrogens with one attached hydrogen (secondary N) is 3. The van der Waals surface area contributed by atoms with Crippen LogP contribution in [0.2, 0.25) is 0 Å². The molecule has 0 saturated carbocycles. The molecule has 5 rings (SSSR count). The van der Waals surface area contributed by atoms with E-state index in [2.05, 4.69) is 25.8 Å². The van der Waals surface area contributed by atoms with Crippen LogP contribution in [0.25, 0.3) is 0 Å². The first-order valence-corrected chi connectivity index (χ1v) is 11.0. The summed E-state index contributed by atoms with van der Waals surface area (Å²) in [5, 5.41) is 9.19. The van der Waals surface area contributed by atoms with E-state index in [0.717, 1.165) is 47.8 Å². The standard InChI is InChI=1S/C25H24FN5O2/c1-15-23-21(31-12-2-3-20(31)25(33)30-23)13-22(28-15)27-14-16-4-10-19(11-5-16)29-24(32)17-6-8-18(26)9-7-17/h4-11,13,20H,2-3,12,14H2,1H3,(H,27,28)(H,29,32)(H,30,33)/t20-/m0/s1. The Morgan fingerprint density at radius 2 is 1.94 bits per heavy atom. The molecule has 1 aromatic heterocycles. The number of hydrogen-bond donors (Lipinski definition) is 3. The Labute approximate surface area is 191 Å². The second-order valence-electron chi connectivity index (χ2n) is 8.34. The van der Waals surface area contributed by atoms with E-state index in [4.69, 9.17) is 0 Å². The van der Waals surface area contributed by atoms with Crippen LogP contribution in [-0.2, 0) is 11.3 Å². The zero-order chi connectivity index (χ0) is 22.9. The van der Waals surface area contributed by atoms with Gasteiger partial charge in [0.15, 0.2) is 0 Å². The highest BCUT2D eigenvalue weighted by Gasteiger charge is 2.37. The Kier molecular flexibility index (Phi) is 5.42. The van der Waals surface area contributed by atoms with Gasteiger partial charge >= 0.3 is 0 Å². The lowest BCUT2D eigenvalue weighted by Gasteiger charge is -2.33. The highest BCUT2D eigenvalue weighted by molar-refractivity contribution is 6.05. The quantitative estimate of drug-likeness (QED) is 0.545. The van der Waals surface area contributed by atoms with Crippen LogP contribution < -0.4 is 20.9 Å². The number of carbonyl (C=O) groups is 2. The van der Waals surface area contributed by atoms with E-state index in [9.17, 15) is 14.0 Å². The molecule has 2 aromatic carbocycles. The highest BCUT2D eigenvalue weighted by atomic mass is 19.1. The van der Waals surface area contributed by atoms with E-state index in [-0.39, 0.29) is 23.7 Å². The van der Waals surface area contributed by atoms with E-state index in [1.54, 1.807) is 0 Å². The van der Waals surface area contributed by atoms with Gasteiger partial charge in [-0.05, 0) is 61.7 Å². The normalized spacial score (nSPS) is 16.6. The summed E-state index contributed by atoms with van der Waals surface area (Å²) in [7, 11) is 0. The molecule has 1 atom stereocenters. The zero-order valence-corrected chi connectivity index (χ0v) is 18.2. The van der Waals surface area contributed by atoms with Crippen LogP contribution in [-0.4, -0.2) is 29.4 Å². The van der Waals surface area contributed by atoms with Crippen LogP contribution >= 0.6 is 0 Å². The lowest BCUT2D eigenvalue weighted by Crippen LogP contribution is -2.44. The van der Waals surface area contributed by atoms with Crippen molar-refractivity contribution in [3.63, 3.8) is 0 Å². The largest absolute Gasteiger partial charge is 0.366 e. The number of benzene rings is 2. The van der Waals surface area contributed by atoms with Gasteiger partial charge in [0.1, 0.15) is 17.7 Å². The smallest absolute Gasteiger partial charge is 0.255 e. The SMILES string of the molecule is Cc1nc(NCc2ccc(NC(=O)c3ccc(F)cc3)cc2)cc2c1NC(=O)[C@@H]1CCCN21. The first-order chi connectivity index (χ1) is 16.0. The molecule has 3 heterocycles. The molecule has 0 unspecified atom stereocenters. The van der Waals surface area contributed by atoms with E-state index in [0.29, 0.717) is 17.8 Å². The average molecular weight is 445 g/mol. The van der Waals surface area contributed by atoms with Crippen molar-refractivity contribution in [1.29, 1.82) is 0 Å². The van der Waals surface area contributed by atoms with Gasteiger partial charge in [-0.25, -0.2) is 9.37 Å². The first kappa shape index (κ1) is 20.9. The van der Waals surface area contributed by atoms with Crippen molar-refractivity contribution in [3.05, 3.63) is 77.2 Å². The number of halogens is 1. The molecular weight excluding hydrogens is 421 g/mol. The third kappa shape index (κ3) is 4.24. The van der Waals surface area contributed by atoms with Crippen LogP contribution in [0.5, 0.6) is 0 Å². The Bertz CT molecular complexity index is 1210. The Morgan fingerprint density at radius 1 is 1.18 bits per heavy atom. The molecule has 168 valence electrons. The lowest BCUT2D eigenvalue weighted by molar-refractivity contribution is -0.117. The number of rotatable bonds is 5. The summed E-state index contributed by atoms with van der Waals surface area (Å²) in [6.45, 7) is 3.34. The molecule has 2 amide bonds. The van der Waals surface area contributed by atoms with Crippen molar-refractivity contribution in [2.24, 2.45) is 0 Å². The molecule has 8 heteroatoms. The molecule has 33 heavy (non-hydrogen) atoms. The highest BCUT2D eigenvalue weighted by Crippen LogP contribution is 2.39. The topological polar surface area (TPSA) is 86.4 Å². The van der Waals surface area contributed by atoms with Crippen molar-refractivity contribution in [3.8, 4) is 0 Å². The van der Waals surface area contributed by atoms with Gasteiger partial charge < -0.3 is 20.9 Å². The minimum Gasteiger partial charge on any atom is -0.366 e. The summed E-state index contributed by atoms with van der Waals surface area (Å²) in [6, 6.07) is 14.8. The molecule has 0 spiro atoms. The number of fused-ring (bicyclic) bond motifs is 3. The molecule has 0 bridgehead atoms.